The molecular formula is C26H33N5O2. The van der Waals surface area contributed by atoms with Gasteiger partial charge in [0.25, 0.3) is 0 Å². The fourth-order valence-electron chi connectivity index (χ4n) is 4.85. The summed E-state index contributed by atoms with van der Waals surface area (Å²) in [6.45, 7) is 2.56. The molecule has 2 N–H and O–H groups in total. The molecule has 0 spiro atoms. The first-order valence-corrected chi connectivity index (χ1v) is 11.9. The lowest BCUT2D eigenvalue weighted by molar-refractivity contribution is -0.131. The highest BCUT2D eigenvalue weighted by molar-refractivity contribution is 5.99. The Morgan fingerprint density at radius 2 is 1.73 bits per heavy atom. The van der Waals surface area contributed by atoms with E-state index in [0.29, 0.717) is 11.8 Å². The number of hydrogen-bond donors (Lipinski definition) is 2. The SMILES string of the molecule is CN(C)Cc1ccc(-c2ccc(N3C(C[C@@H]4CCN(C(=O)C5CC5)C4)=NNC3O)cc2)cc1. The number of likely N-dealkylation sites (tertiary alicyclic amines) is 1. The molecule has 2 aliphatic heterocycles. The first-order chi connectivity index (χ1) is 16.0. The molecule has 2 fully saturated rings. The molecule has 1 saturated heterocycles. The number of anilines is 1. The van der Waals surface area contributed by atoms with Crippen molar-refractivity contribution in [3.63, 3.8) is 0 Å². The van der Waals surface area contributed by atoms with Gasteiger partial charge in [-0.05, 0) is 68.1 Å². The third-order valence-corrected chi connectivity index (χ3v) is 6.76. The van der Waals surface area contributed by atoms with E-state index in [2.05, 4.69) is 65.9 Å². The number of aliphatic hydroxyl groups is 1. The third-order valence-electron chi connectivity index (χ3n) is 6.76. The van der Waals surface area contributed by atoms with Gasteiger partial charge in [-0.3, -0.25) is 15.1 Å². The Bertz CT molecular complexity index is 1010. The van der Waals surface area contributed by atoms with Crippen molar-refractivity contribution in [2.75, 3.05) is 32.1 Å². The number of nitrogens with one attached hydrogen (secondary N) is 1. The number of carbonyl (C=O) groups is 1. The molecule has 174 valence electrons. The smallest absolute Gasteiger partial charge is 0.225 e. The van der Waals surface area contributed by atoms with Crippen molar-refractivity contribution in [2.24, 2.45) is 16.9 Å². The molecule has 5 rings (SSSR count). The molecule has 0 aromatic heterocycles. The summed E-state index contributed by atoms with van der Waals surface area (Å²) in [6.07, 6.45) is 2.96. The maximum Gasteiger partial charge on any atom is 0.225 e. The van der Waals surface area contributed by atoms with E-state index in [1.54, 1.807) is 0 Å². The van der Waals surface area contributed by atoms with Gasteiger partial charge in [-0.15, -0.1) is 0 Å². The molecule has 1 aliphatic carbocycles. The molecular weight excluding hydrogens is 414 g/mol. The minimum Gasteiger partial charge on any atom is -0.355 e. The molecule has 2 aromatic carbocycles. The minimum atomic E-state index is -0.873. The molecule has 33 heavy (non-hydrogen) atoms. The molecule has 1 unspecified atom stereocenters. The minimum absolute atomic E-state index is 0.273. The van der Waals surface area contributed by atoms with Crippen molar-refractivity contribution < 1.29 is 9.90 Å². The van der Waals surface area contributed by atoms with Crippen LogP contribution in [0.15, 0.2) is 53.6 Å². The van der Waals surface area contributed by atoms with Crippen molar-refractivity contribution in [1.29, 1.82) is 0 Å². The van der Waals surface area contributed by atoms with E-state index in [-0.39, 0.29) is 5.92 Å². The number of carbonyl (C=O) groups excluding carboxylic acids is 1. The number of nitrogens with zero attached hydrogens (tertiary/aromatic N) is 4. The third kappa shape index (κ3) is 4.89. The Labute approximate surface area is 195 Å². The highest BCUT2D eigenvalue weighted by Gasteiger charge is 2.38. The van der Waals surface area contributed by atoms with Gasteiger partial charge in [-0.2, -0.15) is 5.10 Å². The lowest BCUT2D eigenvalue weighted by Gasteiger charge is -2.25. The van der Waals surface area contributed by atoms with Gasteiger partial charge in [0.05, 0.1) is 0 Å². The summed E-state index contributed by atoms with van der Waals surface area (Å²) < 4.78 is 0. The van der Waals surface area contributed by atoms with Crippen LogP contribution in [0.4, 0.5) is 5.69 Å². The predicted molar refractivity (Wildman–Crippen MR) is 130 cm³/mol. The maximum absolute atomic E-state index is 12.4. The van der Waals surface area contributed by atoms with Crippen LogP contribution in [-0.4, -0.2) is 60.2 Å². The standard InChI is InChI=1S/C26H33N5O2/c1-29(2)16-18-3-5-20(6-4-18)21-9-11-23(12-10-21)31-24(27-28-26(31)33)15-19-13-14-30(17-19)25(32)22-7-8-22/h3-6,9-12,19,22,26,28,33H,7-8,13-17H2,1-2H3/t19-,26?/m0/s1. The van der Waals surface area contributed by atoms with Gasteiger partial charge in [0.15, 0.2) is 0 Å². The van der Waals surface area contributed by atoms with Crippen LogP contribution in [0.25, 0.3) is 11.1 Å². The second kappa shape index (κ2) is 9.15. The normalized spacial score (nSPS) is 22.6. The quantitative estimate of drug-likeness (QED) is 0.683. The van der Waals surface area contributed by atoms with E-state index in [9.17, 15) is 9.90 Å². The van der Waals surface area contributed by atoms with E-state index in [4.69, 9.17) is 0 Å². The van der Waals surface area contributed by atoms with Crippen LogP contribution in [0.3, 0.4) is 0 Å². The predicted octanol–water partition coefficient (Wildman–Crippen LogP) is 3.06. The van der Waals surface area contributed by atoms with Gasteiger partial charge in [-0.1, -0.05) is 36.4 Å². The van der Waals surface area contributed by atoms with Gasteiger partial charge < -0.3 is 14.9 Å². The van der Waals surface area contributed by atoms with E-state index < -0.39 is 6.35 Å². The second-order valence-corrected chi connectivity index (χ2v) is 9.80. The fraction of sp³-hybridized carbons (Fsp3) is 0.462. The largest absolute Gasteiger partial charge is 0.355 e. The van der Waals surface area contributed by atoms with Crippen molar-refractivity contribution in [1.82, 2.24) is 15.2 Å². The van der Waals surface area contributed by atoms with Crippen LogP contribution in [0.2, 0.25) is 0 Å². The average Bonchev–Trinajstić information content (AvgIpc) is 3.45. The summed E-state index contributed by atoms with van der Waals surface area (Å²) in [4.78, 5) is 18.4. The number of hydrazone groups is 1. The highest BCUT2D eigenvalue weighted by atomic mass is 16.3. The van der Waals surface area contributed by atoms with Crippen molar-refractivity contribution >= 4 is 17.4 Å². The summed E-state index contributed by atoms with van der Waals surface area (Å²) >= 11 is 0. The molecule has 0 radical (unpaired) electrons. The number of aliphatic hydroxyl groups excluding tert-OH is 1. The Balaban J connectivity index is 1.24. The zero-order valence-corrected chi connectivity index (χ0v) is 19.4. The van der Waals surface area contributed by atoms with Gasteiger partial charge in [0.2, 0.25) is 12.3 Å². The van der Waals surface area contributed by atoms with Crippen LogP contribution in [0.1, 0.15) is 31.2 Å². The van der Waals surface area contributed by atoms with Gasteiger partial charge in [-0.25, -0.2) is 0 Å². The number of amides is 1. The van der Waals surface area contributed by atoms with Crippen LogP contribution < -0.4 is 10.3 Å². The second-order valence-electron chi connectivity index (χ2n) is 9.80. The van der Waals surface area contributed by atoms with E-state index in [1.807, 2.05) is 21.9 Å². The Morgan fingerprint density at radius 3 is 2.36 bits per heavy atom. The first kappa shape index (κ1) is 21.9. The molecule has 1 amide bonds. The van der Waals surface area contributed by atoms with Crippen LogP contribution >= 0.6 is 0 Å². The molecule has 0 bridgehead atoms. The molecule has 7 heteroatoms. The van der Waals surface area contributed by atoms with Crippen LogP contribution in [-0.2, 0) is 11.3 Å². The lowest BCUT2D eigenvalue weighted by atomic mass is 10.0. The summed E-state index contributed by atoms with van der Waals surface area (Å²) in [6, 6.07) is 16.9. The van der Waals surface area contributed by atoms with Gasteiger partial charge in [0, 0.05) is 37.7 Å². The Morgan fingerprint density at radius 1 is 1.06 bits per heavy atom. The summed E-state index contributed by atoms with van der Waals surface area (Å²) in [5.74, 6) is 1.80. The monoisotopic (exact) mass is 447 g/mol. The average molecular weight is 448 g/mol. The zero-order valence-electron chi connectivity index (χ0n) is 19.4. The fourth-order valence-corrected chi connectivity index (χ4v) is 4.85. The molecule has 1 saturated carbocycles. The van der Waals surface area contributed by atoms with Crippen LogP contribution in [0.5, 0.6) is 0 Å². The summed E-state index contributed by atoms with van der Waals surface area (Å²) in [7, 11) is 4.14. The number of rotatable bonds is 7. The van der Waals surface area contributed by atoms with Crippen molar-refractivity contribution in [3.05, 3.63) is 54.1 Å². The number of hydrogen-bond acceptors (Lipinski definition) is 6. The zero-order chi connectivity index (χ0) is 22.9. The molecule has 2 heterocycles. The first-order valence-electron chi connectivity index (χ1n) is 11.9. The Hall–Kier alpha value is -2.90. The topological polar surface area (TPSA) is 71.4 Å². The molecule has 3 aliphatic rings. The highest BCUT2D eigenvalue weighted by Crippen LogP contribution is 2.34. The van der Waals surface area contributed by atoms with E-state index >= 15 is 0 Å². The maximum atomic E-state index is 12.4. The van der Waals surface area contributed by atoms with Crippen molar-refractivity contribution in [2.45, 2.75) is 38.6 Å². The number of amidine groups is 1. The molecule has 2 aromatic rings. The van der Waals surface area contributed by atoms with E-state index in [1.165, 1.54) is 11.1 Å². The molecule has 7 nitrogen and oxygen atoms in total. The number of benzene rings is 2. The van der Waals surface area contributed by atoms with E-state index in [0.717, 1.165) is 62.4 Å². The molecule has 2 atom stereocenters. The van der Waals surface area contributed by atoms with Gasteiger partial charge in [0.1, 0.15) is 5.84 Å². The Kier molecular flexibility index (Phi) is 6.08. The van der Waals surface area contributed by atoms with Gasteiger partial charge >= 0.3 is 0 Å². The summed E-state index contributed by atoms with van der Waals surface area (Å²) in [5, 5.41) is 14.9. The lowest BCUT2D eigenvalue weighted by Crippen LogP contribution is -2.40. The van der Waals surface area contributed by atoms with Crippen LogP contribution in [0, 0.1) is 11.8 Å². The van der Waals surface area contributed by atoms with Crippen molar-refractivity contribution in [3.8, 4) is 11.1 Å². The summed E-state index contributed by atoms with van der Waals surface area (Å²) in [5.41, 5.74) is 7.31.